The standard InChI is InChI=1S/C21H25F3N2O6S/c1-12-5-7-16(8-6-12)33(30,31)25-19(15(4)27)20(29)32-10-18(28)17-9-13(2)26(14(17)3)11-21(22,23)24/h5-9,15,19,25,27H,10-11H2,1-4H3/t15-,19+/m1/s1. The van der Waals surface area contributed by atoms with Gasteiger partial charge in [0.05, 0.1) is 11.0 Å². The summed E-state index contributed by atoms with van der Waals surface area (Å²) in [5, 5.41) is 9.89. The number of hydrogen-bond acceptors (Lipinski definition) is 6. The molecule has 182 valence electrons. The molecule has 1 aromatic heterocycles. The van der Waals surface area contributed by atoms with Gasteiger partial charge in [-0.1, -0.05) is 17.7 Å². The van der Waals surface area contributed by atoms with Crippen molar-refractivity contribution in [2.24, 2.45) is 0 Å². The van der Waals surface area contributed by atoms with Crippen LogP contribution in [0.4, 0.5) is 13.2 Å². The molecule has 2 N–H and O–H groups in total. The molecule has 0 saturated carbocycles. The van der Waals surface area contributed by atoms with Gasteiger partial charge in [-0.15, -0.1) is 0 Å². The molecule has 33 heavy (non-hydrogen) atoms. The Hall–Kier alpha value is -2.70. The van der Waals surface area contributed by atoms with Crippen molar-refractivity contribution in [2.75, 3.05) is 6.61 Å². The van der Waals surface area contributed by atoms with Crippen LogP contribution in [0.1, 0.15) is 34.2 Å². The molecule has 1 aromatic carbocycles. The van der Waals surface area contributed by atoms with Crippen LogP contribution in [-0.4, -0.2) is 54.8 Å². The molecule has 2 atom stereocenters. The van der Waals surface area contributed by atoms with Crippen molar-refractivity contribution in [1.29, 1.82) is 0 Å². The van der Waals surface area contributed by atoms with Gasteiger partial charge >= 0.3 is 12.1 Å². The monoisotopic (exact) mass is 490 g/mol. The molecular formula is C21H25F3N2O6S. The molecule has 1 heterocycles. The van der Waals surface area contributed by atoms with Crippen molar-refractivity contribution in [2.45, 2.75) is 57.5 Å². The molecule has 0 aliphatic heterocycles. The van der Waals surface area contributed by atoms with Gasteiger partial charge in [0.15, 0.2) is 6.61 Å². The maximum atomic E-state index is 12.8. The number of aliphatic hydroxyl groups is 1. The first kappa shape index (κ1) is 26.6. The number of carbonyl (C=O) groups is 2. The lowest BCUT2D eigenvalue weighted by Gasteiger charge is -2.20. The summed E-state index contributed by atoms with van der Waals surface area (Å²) in [6.45, 7) is 3.55. The molecule has 0 saturated heterocycles. The van der Waals surface area contributed by atoms with E-state index < -0.39 is 53.2 Å². The molecule has 0 aliphatic carbocycles. The van der Waals surface area contributed by atoms with Crippen molar-refractivity contribution in [3.63, 3.8) is 0 Å². The van der Waals surface area contributed by atoms with Crippen molar-refractivity contribution in [3.05, 3.63) is 52.8 Å². The number of nitrogens with zero attached hydrogens (tertiary/aromatic N) is 1. The number of Topliss-reactive ketones (excluding diaryl/α,β-unsaturated/α-hetero) is 1. The van der Waals surface area contributed by atoms with Gasteiger partial charge in [0.1, 0.15) is 12.6 Å². The first-order valence-electron chi connectivity index (χ1n) is 9.83. The highest BCUT2D eigenvalue weighted by Gasteiger charge is 2.33. The third-order valence-electron chi connectivity index (χ3n) is 4.91. The summed E-state index contributed by atoms with van der Waals surface area (Å²) >= 11 is 0. The third kappa shape index (κ3) is 6.89. The van der Waals surface area contributed by atoms with Gasteiger partial charge in [0.25, 0.3) is 0 Å². The second kappa shape index (κ2) is 10.1. The number of aromatic nitrogens is 1. The second-order valence-corrected chi connectivity index (χ2v) is 9.38. The smallest absolute Gasteiger partial charge is 0.406 e. The Bertz CT molecular complexity index is 1120. The number of halogens is 3. The molecule has 8 nitrogen and oxygen atoms in total. The molecule has 0 radical (unpaired) electrons. The van der Waals surface area contributed by atoms with Crippen LogP contribution in [-0.2, 0) is 26.1 Å². The number of nitrogens with one attached hydrogen (secondary N) is 1. The molecule has 0 aliphatic rings. The lowest BCUT2D eigenvalue weighted by molar-refractivity contribution is -0.147. The fourth-order valence-electron chi connectivity index (χ4n) is 3.11. The lowest BCUT2D eigenvalue weighted by Crippen LogP contribution is -2.48. The SMILES string of the molecule is Cc1ccc(S(=O)(=O)N[C@H](C(=O)OCC(=O)c2cc(C)n(CC(F)(F)F)c2C)[C@@H](C)O)cc1. The van der Waals surface area contributed by atoms with Crippen molar-refractivity contribution >= 4 is 21.8 Å². The van der Waals surface area contributed by atoms with Crippen LogP contribution < -0.4 is 4.72 Å². The number of hydrogen-bond donors (Lipinski definition) is 2. The summed E-state index contributed by atoms with van der Waals surface area (Å²) in [7, 11) is -4.19. The predicted octanol–water partition coefficient (Wildman–Crippen LogP) is 2.43. The Morgan fingerprint density at radius 2 is 1.73 bits per heavy atom. The maximum Gasteiger partial charge on any atom is 0.406 e. The van der Waals surface area contributed by atoms with Crippen LogP contribution in [0.5, 0.6) is 0 Å². The largest absolute Gasteiger partial charge is 0.456 e. The normalized spacial score (nSPS) is 14.1. The summed E-state index contributed by atoms with van der Waals surface area (Å²) in [6.07, 6.45) is -5.98. The number of ether oxygens (including phenoxy) is 1. The quantitative estimate of drug-likeness (QED) is 0.412. The van der Waals surface area contributed by atoms with Crippen molar-refractivity contribution in [1.82, 2.24) is 9.29 Å². The summed E-state index contributed by atoms with van der Waals surface area (Å²) in [5.74, 6) is -1.98. The lowest BCUT2D eigenvalue weighted by atomic mass is 10.1. The number of ketones is 1. The summed E-state index contributed by atoms with van der Waals surface area (Å²) in [4.78, 5) is 24.7. The molecule has 0 spiro atoms. The van der Waals surface area contributed by atoms with Crippen LogP contribution in [0.2, 0.25) is 0 Å². The fourth-order valence-corrected chi connectivity index (χ4v) is 4.36. The fraction of sp³-hybridized carbons (Fsp3) is 0.429. The van der Waals surface area contributed by atoms with E-state index in [0.29, 0.717) is 0 Å². The van der Waals surface area contributed by atoms with Crippen LogP contribution in [0.25, 0.3) is 0 Å². The first-order chi connectivity index (χ1) is 15.1. The zero-order valence-corrected chi connectivity index (χ0v) is 19.2. The molecule has 0 amide bonds. The van der Waals surface area contributed by atoms with Crippen LogP contribution in [0, 0.1) is 20.8 Å². The maximum absolute atomic E-state index is 12.8. The Morgan fingerprint density at radius 1 is 1.15 bits per heavy atom. The number of rotatable bonds is 9. The van der Waals surface area contributed by atoms with E-state index in [1.165, 1.54) is 32.0 Å². The van der Waals surface area contributed by atoms with E-state index in [4.69, 9.17) is 4.74 Å². The molecule has 0 fully saturated rings. The molecule has 0 bridgehead atoms. The van der Waals surface area contributed by atoms with E-state index in [9.17, 15) is 36.3 Å². The minimum atomic E-state index is -4.49. The number of benzene rings is 1. The molecule has 2 aromatic rings. The van der Waals surface area contributed by atoms with Crippen LogP contribution in [0.15, 0.2) is 35.2 Å². The second-order valence-electron chi connectivity index (χ2n) is 7.67. The zero-order chi connectivity index (χ0) is 25.1. The number of sulfonamides is 1. The van der Waals surface area contributed by atoms with Gasteiger partial charge in [0.2, 0.25) is 15.8 Å². The molecule has 12 heteroatoms. The average molecular weight is 491 g/mol. The number of alkyl halides is 3. The number of aryl methyl sites for hydroxylation is 2. The van der Waals surface area contributed by atoms with Crippen LogP contribution >= 0.6 is 0 Å². The van der Waals surface area contributed by atoms with E-state index in [2.05, 4.69) is 0 Å². The minimum absolute atomic E-state index is 0.0537. The van der Waals surface area contributed by atoms with E-state index in [-0.39, 0.29) is 21.8 Å². The minimum Gasteiger partial charge on any atom is -0.456 e. The molecular weight excluding hydrogens is 465 g/mol. The highest BCUT2D eigenvalue weighted by atomic mass is 32.2. The Balaban J connectivity index is 2.12. The number of esters is 1. The molecule has 2 rings (SSSR count). The van der Waals surface area contributed by atoms with E-state index >= 15 is 0 Å². The van der Waals surface area contributed by atoms with Gasteiger partial charge in [0, 0.05) is 17.0 Å². The van der Waals surface area contributed by atoms with Crippen LogP contribution in [0.3, 0.4) is 0 Å². The third-order valence-corrected chi connectivity index (χ3v) is 6.36. The van der Waals surface area contributed by atoms with Gasteiger partial charge in [-0.25, -0.2) is 8.42 Å². The van der Waals surface area contributed by atoms with E-state index in [1.54, 1.807) is 19.1 Å². The predicted molar refractivity (Wildman–Crippen MR) is 112 cm³/mol. The summed E-state index contributed by atoms with van der Waals surface area (Å²) in [6, 6.07) is 5.30. The highest BCUT2D eigenvalue weighted by Crippen LogP contribution is 2.23. The zero-order valence-electron chi connectivity index (χ0n) is 18.4. The van der Waals surface area contributed by atoms with Gasteiger partial charge in [-0.05, 0) is 45.9 Å². The topological polar surface area (TPSA) is 115 Å². The first-order valence-corrected chi connectivity index (χ1v) is 11.3. The van der Waals surface area contributed by atoms with Crippen molar-refractivity contribution in [3.8, 4) is 0 Å². The Kier molecular flexibility index (Phi) is 8.09. The highest BCUT2D eigenvalue weighted by molar-refractivity contribution is 7.89. The average Bonchev–Trinajstić information content (AvgIpc) is 2.97. The van der Waals surface area contributed by atoms with Crippen molar-refractivity contribution < 1.29 is 41.0 Å². The number of aliphatic hydroxyl groups excluding tert-OH is 1. The van der Waals surface area contributed by atoms with Gasteiger partial charge in [-0.3, -0.25) is 9.59 Å². The number of carbonyl (C=O) groups excluding carboxylic acids is 2. The molecule has 0 unspecified atom stereocenters. The van der Waals surface area contributed by atoms with Gasteiger partial charge in [-0.2, -0.15) is 17.9 Å². The summed E-state index contributed by atoms with van der Waals surface area (Å²) in [5.41, 5.74) is 1.01. The van der Waals surface area contributed by atoms with E-state index in [0.717, 1.165) is 17.1 Å². The van der Waals surface area contributed by atoms with Gasteiger partial charge < -0.3 is 14.4 Å². The summed E-state index contributed by atoms with van der Waals surface area (Å²) < 4.78 is 71.2. The Morgan fingerprint density at radius 3 is 2.24 bits per heavy atom. The Labute approximate surface area is 189 Å². The van der Waals surface area contributed by atoms with E-state index in [1.807, 2.05) is 4.72 Å².